The molecule has 7 heteroatoms. The smallest absolute Gasteiger partial charge is 0.137 e. The highest BCUT2D eigenvalue weighted by atomic mass is 16.3. The number of anilines is 3. The van der Waals surface area contributed by atoms with Gasteiger partial charge in [0.25, 0.3) is 0 Å². The van der Waals surface area contributed by atoms with Crippen molar-refractivity contribution in [2.45, 2.75) is 44.2 Å². The Morgan fingerprint density at radius 1 is 1.10 bits per heavy atom. The predicted octanol–water partition coefficient (Wildman–Crippen LogP) is 2.74. The number of aliphatic hydroxyl groups excluding tert-OH is 1. The molecule has 5 N–H and O–H groups in total. The van der Waals surface area contributed by atoms with Crippen molar-refractivity contribution in [3.8, 4) is 0 Å². The summed E-state index contributed by atoms with van der Waals surface area (Å²) in [4.78, 5) is 15.4. The van der Waals surface area contributed by atoms with Gasteiger partial charge >= 0.3 is 0 Å². The zero-order valence-electron chi connectivity index (χ0n) is 17.6. The molecule has 6 rings (SSSR count). The Morgan fingerprint density at radius 3 is 2.81 bits per heavy atom. The third-order valence-electron chi connectivity index (χ3n) is 7.88. The van der Waals surface area contributed by atoms with Gasteiger partial charge in [0.05, 0.1) is 17.7 Å². The molecule has 1 aromatic carbocycles. The highest BCUT2D eigenvalue weighted by Crippen LogP contribution is 2.61. The van der Waals surface area contributed by atoms with Gasteiger partial charge in [-0.05, 0) is 66.7 Å². The average Bonchev–Trinajstić information content (AvgIpc) is 3.07. The molecule has 3 heterocycles. The number of nitrogens with two attached hydrogens (primary N) is 2. The van der Waals surface area contributed by atoms with Crippen LogP contribution in [0.5, 0.6) is 0 Å². The molecule has 2 aromatic heterocycles. The third kappa shape index (κ3) is 2.94. The molecular formula is C24H28N6O. The number of hydrogen-bond donors (Lipinski definition) is 3. The minimum absolute atomic E-state index is 0.104. The zero-order chi connectivity index (χ0) is 21.3. The van der Waals surface area contributed by atoms with Gasteiger partial charge < -0.3 is 21.5 Å². The largest absolute Gasteiger partial charge is 0.391 e. The Labute approximate surface area is 181 Å². The number of hydrogen-bond acceptors (Lipinski definition) is 7. The molecule has 6 atom stereocenters. The highest BCUT2D eigenvalue weighted by Gasteiger charge is 2.55. The molecule has 3 aliphatic rings. The summed E-state index contributed by atoms with van der Waals surface area (Å²) in [5, 5.41) is 12.1. The van der Waals surface area contributed by atoms with Crippen LogP contribution < -0.4 is 16.4 Å². The molecule has 0 spiro atoms. The van der Waals surface area contributed by atoms with Crippen molar-refractivity contribution in [3.05, 3.63) is 47.8 Å². The lowest BCUT2D eigenvalue weighted by Crippen LogP contribution is -2.39. The van der Waals surface area contributed by atoms with E-state index in [1.807, 2.05) is 12.1 Å². The molecule has 31 heavy (non-hydrogen) atoms. The number of rotatable bonds is 3. The fourth-order valence-corrected chi connectivity index (χ4v) is 6.34. The number of fused-ring (bicyclic) bond motifs is 2. The monoisotopic (exact) mass is 416 g/mol. The van der Waals surface area contributed by atoms with Crippen LogP contribution in [0.2, 0.25) is 0 Å². The van der Waals surface area contributed by atoms with Crippen LogP contribution >= 0.6 is 0 Å². The van der Waals surface area contributed by atoms with Gasteiger partial charge in [0.2, 0.25) is 0 Å². The second kappa shape index (κ2) is 6.79. The molecule has 0 saturated heterocycles. The summed E-state index contributed by atoms with van der Waals surface area (Å²) in [6.45, 7) is 3.19. The number of pyridine rings is 1. The van der Waals surface area contributed by atoms with E-state index in [0.717, 1.165) is 48.1 Å². The van der Waals surface area contributed by atoms with Gasteiger partial charge in [-0.15, -0.1) is 0 Å². The van der Waals surface area contributed by atoms with E-state index in [4.69, 9.17) is 11.5 Å². The fraction of sp³-hybridized carbons (Fsp3) is 0.458. The SMILES string of the molecule is CC1C(c2ccc3ccc(N)nc3c2)C1C1CC(N2CCc3c(N)ncnc32)[C@H](O)C1. The summed E-state index contributed by atoms with van der Waals surface area (Å²) in [7, 11) is 0. The van der Waals surface area contributed by atoms with E-state index in [0.29, 0.717) is 35.3 Å². The Hall–Kier alpha value is -2.93. The first-order valence-electron chi connectivity index (χ1n) is 11.2. The number of aliphatic hydroxyl groups is 1. The van der Waals surface area contributed by atoms with E-state index in [1.54, 1.807) is 0 Å². The van der Waals surface area contributed by atoms with Crippen molar-refractivity contribution in [3.63, 3.8) is 0 Å². The van der Waals surface area contributed by atoms with Crippen molar-refractivity contribution >= 4 is 28.4 Å². The first-order valence-corrected chi connectivity index (χ1v) is 11.2. The molecule has 7 nitrogen and oxygen atoms in total. The molecule has 2 saturated carbocycles. The molecule has 0 bridgehead atoms. The first-order chi connectivity index (χ1) is 15.0. The highest BCUT2D eigenvalue weighted by molar-refractivity contribution is 5.81. The van der Waals surface area contributed by atoms with Gasteiger partial charge in [-0.1, -0.05) is 19.1 Å². The lowest BCUT2D eigenvalue weighted by atomic mass is 9.96. The number of nitrogen functional groups attached to an aromatic ring is 2. The molecule has 2 aliphatic carbocycles. The Morgan fingerprint density at radius 2 is 1.94 bits per heavy atom. The van der Waals surface area contributed by atoms with Crippen LogP contribution in [0.1, 0.15) is 36.8 Å². The van der Waals surface area contributed by atoms with Crippen LogP contribution in [0.15, 0.2) is 36.7 Å². The fourth-order valence-electron chi connectivity index (χ4n) is 6.34. The van der Waals surface area contributed by atoms with Gasteiger partial charge in [-0.25, -0.2) is 15.0 Å². The summed E-state index contributed by atoms with van der Waals surface area (Å²) in [5.74, 6) is 4.27. The van der Waals surface area contributed by atoms with Crippen molar-refractivity contribution in [2.75, 3.05) is 22.9 Å². The maximum Gasteiger partial charge on any atom is 0.137 e. The molecule has 3 aromatic rings. The van der Waals surface area contributed by atoms with Gasteiger partial charge in [-0.3, -0.25) is 0 Å². The van der Waals surface area contributed by atoms with Crippen LogP contribution in [-0.2, 0) is 6.42 Å². The molecule has 1 aliphatic heterocycles. The van der Waals surface area contributed by atoms with Gasteiger partial charge in [-0.2, -0.15) is 0 Å². The molecule has 2 fully saturated rings. The van der Waals surface area contributed by atoms with Crippen molar-refractivity contribution in [1.29, 1.82) is 0 Å². The summed E-state index contributed by atoms with van der Waals surface area (Å²) in [5.41, 5.74) is 15.3. The van der Waals surface area contributed by atoms with Gasteiger partial charge in [0.1, 0.15) is 23.8 Å². The topological polar surface area (TPSA) is 114 Å². The maximum atomic E-state index is 11.0. The van der Waals surface area contributed by atoms with Crippen molar-refractivity contribution in [1.82, 2.24) is 15.0 Å². The minimum atomic E-state index is -0.335. The summed E-state index contributed by atoms with van der Waals surface area (Å²) in [6.07, 6.45) is 3.89. The molecule has 0 amide bonds. The lowest BCUT2D eigenvalue weighted by Gasteiger charge is -2.28. The quantitative estimate of drug-likeness (QED) is 0.601. The average molecular weight is 417 g/mol. The number of aromatic nitrogens is 3. The van der Waals surface area contributed by atoms with Crippen LogP contribution in [0.4, 0.5) is 17.5 Å². The second-order valence-electron chi connectivity index (χ2n) is 9.52. The Bertz CT molecular complexity index is 1170. The number of benzene rings is 1. The van der Waals surface area contributed by atoms with Gasteiger partial charge in [0.15, 0.2) is 0 Å². The van der Waals surface area contributed by atoms with Crippen molar-refractivity contribution < 1.29 is 5.11 Å². The molecule has 0 radical (unpaired) electrons. The normalized spacial score (nSPS) is 31.9. The third-order valence-corrected chi connectivity index (χ3v) is 7.88. The van der Waals surface area contributed by atoms with E-state index in [2.05, 4.69) is 45.0 Å². The standard InChI is InChI=1S/C24H28N6O/c1-12-21(14-3-2-13-4-5-20(25)29-17(13)8-14)22(12)15-9-18(19(31)10-15)30-7-6-16-23(26)27-11-28-24(16)30/h2-5,8,11-12,15,18-19,21-22,31H,6-7,9-10H2,1H3,(H2,25,29)(H2,26,27,28)/t12?,15?,18?,19-,21?,22?/m1/s1. The van der Waals surface area contributed by atoms with Crippen LogP contribution in [0, 0.1) is 17.8 Å². The van der Waals surface area contributed by atoms with E-state index in [9.17, 15) is 5.11 Å². The van der Waals surface area contributed by atoms with Crippen LogP contribution in [0.3, 0.4) is 0 Å². The van der Waals surface area contributed by atoms with Crippen molar-refractivity contribution in [2.24, 2.45) is 17.8 Å². The van der Waals surface area contributed by atoms with Crippen LogP contribution in [0.25, 0.3) is 10.9 Å². The molecule has 160 valence electrons. The van der Waals surface area contributed by atoms with Crippen LogP contribution in [-0.4, -0.2) is 38.7 Å². The van der Waals surface area contributed by atoms with Gasteiger partial charge in [0, 0.05) is 17.5 Å². The summed E-state index contributed by atoms with van der Waals surface area (Å²) < 4.78 is 0. The van der Waals surface area contributed by atoms with E-state index in [-0.39, 0.29) is 12.1 Å². The molecular weight excluding hydrogens is 388 g/mol. The maximum absolute atomic E-state index is 11.0. The molecule has 5 unspecified atom stereocenters. The van der Waals surface area contributed by atoms with E-state index in [1.165, 1.54) is 11.9 Å². The summed E-state index contributed by atoms with van der Waals surface area (Å²) >= 11 is 0. The summed E-state index contributed by atoms with van der Waals surface area (Å²) in [6, 6.07) is 10.6. The Balaban J connectivity index is 1.22. The first kappa shape index (κ1) is 18.8. The van der Waals surface area contributed by atoms with E-state index >= 15 is 0 Å². The second-order valence-corrected chi connectivity index (χ2v) is 9.52. The lowest BCUT2D eigenvalue weighted by molar-refractivity contribution is 0.156. The zero-order valence-corrected chi connectivity index (χ0v) is 17.6. The van der Waals surface area contributed by atoms with E-state index < -0.39 is 0 Å². The number of nitrogens with zero attached hydrogens (tertiary/aromatic N) is 4. The predicted molar refractivity (Wildman–Crippen MR) is 122 cm³/mol. The Kier molecular flexibility index (Phi) is 4.12. The minimum Gasteiger partial charge on any atom is -0.391 e.